The van der Waals surface area contributed by atoms with Gasteiger partial charge in [0, 0.05) is 12.0 Å². The molecule has 1 saturated carbocycles. The van der Waals surface area contributed by atoms with Crippen LogP contribution in [0.15, 0.2) is 30.5 Å². The highest BCUT2D eigenvalue weighted by Crippen LogP contribution is 2.29. The number of carbonyl (C=O) groups excluding carboxylic acids is 1. The Kier molecular flexibility index (Phi) is 3.68. The third-order valence-corrected chi connectivity index (χ3v) is 4.38. The molecule has 1 aromatic carbocycles. The van der Waals surface area contributed by atoms with Crippen molar-refractivity contribution in [1.29, 1.82) is 0 Å². The lowest BCUT2D eigenvalue weighted by molar-refractivity contribution is -0.124. The number of methoxy groups -OCH3 is 1. The number of primary amides is 1. The van der Waals surface area contributed by atoms with Gasteiger partial charge in [0.05, 0.1) is 19.0 Å². The predicted octanol–water partition coefficient (Wildman–Crippen LogP) is 0.895. The minimum Gasteiger partial charge on any atom is -0.497 e. The maximum atomic E-state index is 11.1. The largest absolute Gasteiger partial charge is 0.497 e. The van der Waals surface area contributed by atoms with E-state index < -0.39 is 0 Å². The monoisotopic (exact) mass is 339 g/mol. The fourth-order valence-electron chi connectivity index (χ4n) is 2.85. The number of amides is 1. The molecule has 1 fully saturated rings. The zero-order valence-electron chi connectivity index (χ0n) is 13.6. The third-order valence-electron chi connectivity index (χ3n) is 4.38. The summed E-state index contributed by atoms with van der Waals surface area (Å²) in [7, 11) is 1.62. The molecule has 0 aliphatic heterocycles. The van der Waals surface area contributed by atoms with Crippen LogP contribution in [0.3, 0.4) is 0 Å². The fourth-order valence-corrected chi connectivity index (χ4v) is 2.85. The minimum absolute atomic E-state index is 0.0623. The van der Waals surface area contributed by atoms with Crippen LogP contribution in [0.5, 0.6) is 5.75 Å². The van der Waals surface area contributed by atoms with E-state index in [-0.39, 0.29) is 17.9 Å². The van der Waals surface area contributed by atoms with Crippen LogP contribution >= 0.6 is 0 Å². The Bertz CT molecular complexity index is 916. The van der Waals surface area contributed by atoms with Crippen LogP contribution in [-0.2, 0) is 4.79 Å². The van der Waals surface area contributed by atoms with Gasteiger partial charge in [-0.25, -0.2) is 4.98 Å². The molecule has 1 amide bonds. The predicted molar refractivity (Wildman–Crippen MR) is 90.3 cm³/mol. The van der Waals surface area contributed by atoms with Gasteiger partial charge in [-0.3, -0.25) is 4.79 Å². The number of benzene rings is 1. The number of nitrogens with zero attached hydrogens (tertiary/aromatic N) is 5. The lowest BCUT2D eigenvalue weighted by Crippen LogP contribution is -2.42. The first-order valence-electron chi connectivity index (χ1n) is 7.93. The summed E-state index contributed by atoms with van der Waals surface area (Å²) in [5.41, 5.74) is 7.32. The van der Waals surface area contributed by atoms with Gasteiger partial charge >= 0.3 is 0 Å². The van der Waals surface area contributed by atoms with Crippen molar-refractivity contribution in [3.8, 4) is 11.4 Å². The molecule has 2 aromatic heterocycles. The summed E-state index contributed by atoms with van der Waals surface area (Å²) in [6, 6.07) is 7.61. The summed E-state index contributed by atoms with van der Waals surface area (Å²) >= 11 is 0. The zero-order chi connectivity index (χ0) is 17.4. The Labute approximate surface area is 143 Å². The van der Waals surface area contributed by atoms with Gasteiger partial charge in [-0.2, -0.15) is 9.67 Å². The van der Waals surface area contributed by atoms with Crippen molar-refractivity contribution in [2.24, 2.45) is 11.7 Å². The van der Waals surface area contributed by atoms with Crippen molar-refractivity contribution in [3.63, 3.8) is 0 Å². The molecule has 4 rings (SSSR count). The van der Waals surface area contributed by atoms with E-state index >= 15 is 0 Å². The smallest absolute Gasteiger partial charge is 0.225 e. The van der Waals surface area contributed by atoms with Crippen LogP contribution in [0.2, 0.25) is 0 Å². The van der Waals surface area contributed by atoms with E-state index in [0.29, 0.717) is 30.0 Å². The molecule has 0 spiro atoms. The van der Waals surface area contributed by atoms with Gasteiger partial charge in [-0.15, -0.1) is 5.10 Å². The van der Waals surface area contributed by atoms with Gasteiger partial charge < -0.3 is 15.8 Å². The Morgan fingerprint density at radius 1 is 1.32 bits per heavy atom. The number of hydrogen-bond acceptors (Lipinski definition) is 7. The molecular weight excluding hydrogens is 322 g/mol. The molecule has 0 bridgehead atoms. The Balaban J connectivity index is 1.58. The van der Waals surface area contributed by atoms with Crippen molar-refractivity contribution in [2.45, 2.75) is 18.9 Å². The molecule has 0 radical (unpaired) electrons. The molecule has 1 aliphatic rings. The number of nitrogens with two attached hydrogens (primary N) is 1. The minimum atomic E-state index is -0.254. The molecule has 3 N–H and O–H groups in total. The Morgan fingerprint density at radius 2 is 2.08 bits per heavy atom. The van der Waals surface area contributed by atoms with Crippen LogP contribution < -0.4 is 15.8 Å². The van der Waals surface area contributed by atoms with Crippen molar-refractivity contribution in [3.05, 3.63) is 30.5 Å². The lowest BCUT2D eigenvalue weighted by atomic mass is 9.80. The number of aromatic nitrogens is 5. The van der Waals surface area contributed by atoms with Crippen LogP contribution in [0, 0.1) is 5.92 Å². The number of anilines is 1. The molecule has 2 heterocycles. The van der Waals surface area contributed by atoms with E-state index in [1.165, 1.54) is 0 Å². The Morgan fingerprint density at radius 3 is 2.76 bits per heavy atom. The molecule has 0 unspecified atom stereocenters. The fraction of sp³-hybridized carbons (Fsp3) is 0.312. The first kappa shape index (κ1) is 15.3. The first-order valence-corrected chi connectivity index (χ1v) is 7.93. The van der Waals surface area contributed by atoms with E-state index in [0.717, 1.165) is 11.4 Å². The van der Waals surface area contributed by atoms with E-state index in [4.69, 9.17) is 10.5 Å². The van der Waals surface area contributed by atoms with Crippen LogP contribution in [0.1, 0.15) is 12.8 Å². The molecule has 9 nitrogen and oxygen atoms in total. The molecule has 3 aromatic rings. The number of carbonyl (C=O) groups is 1. The van der Waals surface area contributed by atoms with Crippen molar-refractivity contribution < 1.29 is 9.53 Å². The van der Waals surface area contributed by atoms with Crippen molar-refractivity contribution in [2.75, 3.05) is 12.4 Å². The van der Waals surface area contributed by atoms with Gasteiger partial charge in [0.1, 0.15) is 5.75 Å². The Hall–Kier alpha value is -3.23. The summed E-state index contributed by atoms with van der Waals surface area (Å²) in [4.78, 5) is 19.9. The van der Waals surface area contributed by atoms with Gasteiger partial charge in [0.2, 0.25) is 11.9 Å². The zero-order valence-corrected chi connectivity index (χ0v) is 13.6. The second kappa shape index (κ2) is 6.00. The maximum absolute atomic E-state index is 11.1. The van der Waals surface area contributed by atoms with E-state index in [1.807, 2.05) is 24.3 Å². The highest BCUT2D eigenvalue weighted by atomic mass is 16.5. The summed E-state index contributed by atoms with van der Waals surface area (Å²) in [6.45, 7) is 0. The molecule has 1 aliphatic carbocycles. The number of fused-ring (bicyclic) bond motifs is 1. The summed E-state index contributed by atoms with van der Waals surface area (Å²) < 4.78 is 6.81. The second-order valence-corrected chi connectivity index (χ2v) is 6.01. The quantitative estimate of drug-likeness (QED) is 0.708. The van der Waals surface area contributed by atoms with E-state index in [9.17, 15) is 4.79 Å². The van der Waals surface area contributed by atoms with Gasteiger partial charge in [0.25, 0.3) is 0 Å². The normalized spacial score (nSPS) is 19.4. The molecule has 0 atom stereocenters. The van der Waals surface area contributed by atoms with Gasteiger partial charge in [-0.1, -0.05) is 5.21 Å². The third kappa shape index (κ3) is 2.84. The number of ether oxygens (including phenoxy) is 1. The molecular formula is C16H17N7O2. The summed E-state index contributed by atoms with van der Waals surface area (Å²) in [6.07, 6.45) is 3.03. The molecule has 128 valence electrons. The first-order chi connectivity index (χ1) is 12.1. The number of rotatable bonds is 5. The summed E-state index contributed by atoms with van der Waals surface area (Å²) in [5, 5.41) is 11.5. The van der Waals surface area contributed by atoms with Gasteiger partial charge in [0.15, 0.2) is 11.2 Å². The van der Waals surface area contributed by atoms with Crippen LogP contribution in [0.25, 0.3) is 16.9 Å². The second-order valence-electron chi connectivity index (χ2n) is 6.01. The average Bonchev–Trinajstić information content (AvgIpc) is 3.00. The van der Waals surface area contributed by atoms with Crippen LogP contribution in [0.4, 0.5) is 5.95 Å². The van der Waals surface area contributed by atoms with E-state index in [1.54, 1.807) is 18.0 Å². The lowest BCUT2D eigenvalue weighted by Gasteiger charge is -2.33. The highest BCUT2D eigenvalue weighted by Gasteiger charge is 2.33. The van der Waals surface area contributed by atoms with E-state index in [2.05, 4.69) is 25.6 Å². The SMILES string of the molecule is COc1ccc(-n2nnc3cnc(NC4CC(C(N)=O)C4)nc32)cc1. The summed E-state index contributed by atoms with van der Waals surface area (Å²) in [5.74, 6) is 0.931. The molecule has 0 saturated heterocycles. The van der Waals surface area contributed by atoms with Crippen LogP contribution in [-0.4, -0.2) is 44.0 Å². The standard InChI is InChI=1S/C16H17N7O2/c1-25-12-4-2-11(3-5-12)23-15-13(21-22-23)8-18-16(20-15)19-10-6-9(7-10)14(17)24/h2-5,8-10H,6-7H2,1H3,(H2,17,24)(H,18,19,20). The maximum Gasteiger partial charge on any atom is 0.225 e. The van der Waals surface area contributed by atoms with Crippen molar-refractivity contribution >= 4 is 23.0 Å². The molecule has 9 heteroatoms. The topological polar surface area (TPSA) is 121 Å². The van der Waals surface area contributed by atoms with Gasteiger partial charge in [-0.05, 0) is 37.1 Å². The highest BCUT2D eigenvalue weighted by molar-refractivity contribution is 5.78. The number of hydrogen-bond donors (Lipinski definition) is 2. The average molecular weight is 339 g/mol. The van der Waals surface area contributed by atoms with Crippen molar-refractivity contribution in [1.82, 2.24) is 25.0 Å². The molecule has 25 heavy (non-hydrogen) atoms. The number of nitrogens with one attached hydrogen (secondary N) is 1.